The van der Waals surface area contributed by atoms with Crippen LogP contribution in [0.3, 0.4) is 0 Å². The maximum absolute atomic E-state index is 13.1. The molecule has 3 aromatic rings. The quantitative estimate of drug-likeness (QED) is 0.758. The third-order valence-electron chi connectivity index (χ3n) is 3.90. The molecule has 2 N–H and O–H groups in total. The van der Waals surface area contributed by atoms with Gasteiger partial charge in [-0.15, -0.1) is 0 Å². The second kappa shape index (κ2) is 7.18. The van der Waals surface area contributed by atoms with Gasteiger partial charge in [0.15, 0.2) is 5.69 Å². The van der Waals surface area contributed by atoms with E-state index in [2.05, 4.69) is 15.7 Å². The van der Waals surface area contributed by atoms with E-state index in [9.17, 15) is 14.0 Å². The molecular formula is C19H17FN4O2. The van der Waals surface area contributed by atoms with Crippen molar-refractivity contribution in [1.29, 1.82) is 0 Å². The number of hydrogen-bond donors (Lipinski definition) is 2. The van der Waals surface area contributed by atoms with Gasteiger partial charge >= 0.3 is 0 Å². The minimum Gasteiger partial charge on any atom is -0.355 e. The predicted octanol–water partition coefficient (Wildman–Crippen LogP) is 2.84. The van der Waals surface area contributed by atoms with Gasteiger partial charge in [0.1, 0.15) is 5.82 Å². The number of anilines is 1. The number of aryl methyl sites for hydroxylation is 1. The smallest absolute Gasteiger partial charge is 0.276 e. The number of para-hydroxylation sites is 1. The summed E-state index contributed by atoms with van der Waals surface area (Å²) in [5.41, 5.74) is 2.36. The second-order valence-corrected chi connectivity index (χ2v) is 5.62. The van der Waals surface area contributed by atoms with Crippen LogP contribution in [-0.2, 0) is 7.05 Å². The Bertz CT molecular complexity index is 964. The van der Waals surface area contributed by atoms with Crippen molar-refractivity contribution in [2.75, 3.05) is 12.4 Å². The van der Waals surface area contributed by atoms with Crippen LogP contribution in [0.1, 0.15) is 20.8 Å². The van der Waals surface area contributed by atoms with Crippen molar-refractivity contribution in [3.63, 3.8) is 0 Å². The molecular weight excluding hydrogens is 335 g/mol. The topological polar surface area (TPSA) is 76.0 Å². The van der Waals surface area contributed by atoms with Gasteiger partial charge in [-0.05, 0) is 48.0 Å². The van der Waals surface area contributed by atoms with Crippen LogP contribution in [0.4, 0.5) is 10.1 Å². The molecule has 1 heterocycles. The SMILES string of the molecule is CNC(=O)c1ccccc1NC(=O)c1cc(-c2ccc(F)cc2)n(C)n1. The zero-order valence-electron chi connectivity index (χ0n) is 14.3. The monoisotopic (exact) mass is 352 g/mol. The van der Waals surface area contributed by atoms with Gasteiger partial charge in [0.2, 0.25) is 0 Å². The van der Waals surface area contributed by atoms with Gasteiger partial charge in [0.25, 0.3) is 11.8 Å². The summed E-state index contributed by atoms with van der Waals surface area (Å²) in [6.45, 7) is 0. The summed E-state index contributed by atoms with van der Waals surface area (Å²) >= 11 is 0. The molecule has 0 aliphatic carbocycles. The normalized spacial score (nSPS) is 10.4. The van der Waals surface area contributed by atoms with Crippen LogP contribution < -0.4 is 10.6 Å². The number of hydrogen-bond acceptors (Lipinski definition) is 3. The molecule has 0 aliphatic heterocycles. The van der Waals surface area contributed by atoms with E-state index in [1.54, 1.807) is 54.2 Å². The fourth-order valence-electron chi connectivity index (χ4n) is 2.58. The fraction of sp³-hybridized carbons (Fsp3) is 0.105. The standard InChI is InChI=1S/C19H17FN4O2/c1-21-18(25)14-5-3-4-6-15(14)22-19(26)16-11-17(24(2)23-16)12-7-9-13(20)10-8-12/h3-11H,1-2H3,(H,21,25)(H,22,26). The number of rotatable bonds is 4. The molecule has 26 heavy (non-hydrogen) atoms. The third kappa shape index (κ3) is 3.46. The molecule has 0 spiro atoms. The summed E-state index contributed by atoms with van der Waals surface area (Å²) in [6, 6.07) is 14.3. The first-order valence-electron chi connectivity index (χ1n) is 7.92. The first-order chi connectivity index (χ1) is 12.5. The Balaban J connectivity index is 1.87. The van der Waals surface area contributed by atoms with E-state index >= 15 is 0 Å². The first kappa shape index (κ1) is 17.3. The number of carbonyl (C=O) groups excluding carboxylic acids is 2. The van der Waals surface area contributed by atoms with Crippen LogP contribution in [0.5, 0.6) is 0 Å². The van der Waals surface area contributed by atoms with Crippen LogP contribution in [-0.4, -0.2) is 28.6 Å². The average Bonchev–Trinajstić information content (AvgIpc) is 3.04. The molecule has 0 fully saturated rings. The van der Waals surface area contributed by atoms with Crippen molar-refractivity contribution in [3.8, 4) is 11.3 Å². The highest BCUT2D eigenvalue weighted by Gasteiger charge is 2.17. The summed E-state index contributed by atoms with van der Waals surface area (Å²) < 4.78 is 14.6. The summed E-state index contributed by atoms with van der Waals surface area (Å²) in [4.78, 5) is 24.5. The zero-order valence-corrected chi connectivity index (χ0v) is 14.3. The van der Waals surface area contributed by atoms with E-state index in [1.165, 1.54) is 19.2 Å². The minimum atomic E-state index is -0.440. The highest BCUT2D eigenvalue weighted by molar-refractivity contribution is 6.08. The van der Waals surface area contributed by atoms with Gasteiger partial charge in [-0.25, -0.2) is 4.39 Å². The molecule has 7 heteroatoms. The first-order valence-corrected chi connectivity index (χ1v) is 7.92. The van der Waals surface area contributed by atoms with Crippen LogP contribution >= 0.6 is 0 Å². The molecule has 3 rings (SSSR count). The maximum atomic E-state index is 13.1. The second-order valence-electron chi connectivity index (χ2n) is 5.62. The Morgan fingerprint density at radius 1 is 1.04 bits per heavy atom. The molecule has 2 aromatic carbocycles. The van der Waals surface area contributed by atoms with Gasteiger partial charge in [-0.1, -0.05) is 12.1 Å². The lowest BCUT2D eigenvalue weighted by Crippen LogP contribution is -2.21. The number of nitrogens with one attached hydrogen (secondary N) is 2. The largest absolute Gasteiger partial charge is 0.355 e. The van der Waals surface area contributed by atoms with E-state index in [4.69, 9.17) is 0 Å². The predicted molar refractivity (Wildman–Crippen MR) is 96.4 cm³/mol. The van der Waals surface area contributed by atoms with Gasteiger partial charge in [-0.3, -0.25) is 14.3 Å². The number of benzene rings is 2. The Kier molecular flexibility index (Phi) is 4.79. The molecule has 0 unspecified atom stereocenters. The summed E-state index contributed by atoms with van der Waals surface area (Å²) in [5.74, 6) is -1.07. The third-order valence-corrected chi connectivity index (χ3v) is 3.90. The molecule has 6 nitrogen and oxygen atoms in total. The van der Waals surface area contributed by atoms with Crippen LogP contribution in [0, 0.1) is 5.82 Å². The highest BCUT2D eigenvalue weighted by Crippen LogP contribution is 2.21. The highest BCUT2D eigenvalue weighted by atomic mass is 19.1. The van der Waals surface area contributed by atoms with Gasteiger partial charge in [0, 0.05) is 14.1 Å². The van der Waals surface area contributed by atoms with E-state index in [0.29, 0.717) is 16.9 Å². The maximum Gasteiger partial charge on any atom is 0.276 e. The Hall–Kier alpha value is -3.48. The van der Waals surface area contributed by atoms with Crippen LogP contribution in [0.2, 0.25) is 0 Å². The van der Waals surface area contributed by atoms with Crippen LogP contribution in [0.15, 0.2) is 54.6 Å². The Labute approximate surface area is 149 Å². The number of aromatic nitrogens is 2. The van der Waals surface area contributed by atoms with Gasteiger partial charge < -0.3 is 10.6 Å². The molecule has 0 saturated carbocycles. The van der Waals surface area contributed by atoms with E-state index in [0.717, 1.165) is 5.56 Å². The lowest BCUT2D eigenvalue weighted by atomic mass is 10.1. The van der Waals surface area contributed by atoms with Crippen molar-refractivity contribution in [2.45, 2.75) is 0 Å². The Morgan fingerprint density at radius 2 is 1.73 bits per heavy atom. The lowest BCUT2D eigenvalue weighted by Gasteiger charge is -2.08. The Morgan fingerprint density at radius 3 is 2.42 bits per heavy atom. The molecule has 1 aromatic heterocycles. The molecule has 0 saturated heterocycles. The number of carbonyl (C=O) groups is 2. The number of halogens is 1. The van der Waals surface area contributed by atoms with E-state index in [-0.39, 0.29) is 17.4 Å². The molecule has 0 atom stereocenters. The fourth-order valence-corrected chi connectivity index (χ4v) is 2.58. The zero-order chi connectivity index (χ0) is 18.7. The van der Waals surface area contributed by atoms with Crippen molar-refractivity contribution in [2.24, 2.45) is 7.05 Å². The average molecular weight is 352 g/mol. The van der Waals surface area contributed by atoms with Crippen LogP contribution in [0.25, 0.3) is 11.3 Å². The van der Waals surface area contributed by atoms with Crippen molar-refractivity contribution < 1.29 is 14.0 Å². The molecule has 0 aliphatic rings. The van der Waals surface area contributed by atoms with Crippen molar-refractivity contribution >= 4 is 17.5 Å². The van der Waals surface area contributed by atoms with E-state index in [1.807, 2.05) is 0 Å². The number of amides is 2. The lowest BCUT2D eigenvalue weighted by molar-refractivity contribution is 0.0964. The summed E-state index contributed by atoms with van der Waals surface area (Å²) in [7, 11) is 3.22. The molecule has 2 amide bonds. The summed E-state index contributed by atoms with van der Waals surface area (Å²) in [6.07, 6.45) is 0. The molecule has 132 valence electrons. The van der Waals surface area contributed by atoms with Crippen molar-refractivity contribution in [3.05, 3.63) is 71.7 Å². The summed E-state index contributed by atoms with van der Waals surface area (Å²) in [5, 5.41) is 9.45. The molecule has 0 radical (unpaired) electrons. The molecule has 0 bridgehead atoms. The van der Waals surface area contributed by atoms with Gasteiger partial charge in [0.05, 0.1) is 16.9 Å². The minimum absolute atomic E-state index is 0.193. The van der Waals surface area contributed by atoms with E-state index < -0.39 is 5.91 Å². The van der Waals surface area contributed by atoms with Crippen molar-refractivity contribution in [1.82, 2.24) is 15.1 Å². The van der Waals surface area contributed by atoms with Gasteiger partial charge in [-0.2, -0.15) is 5.10 Å². The number of nitrogens with zero attached hydrogens (tertiary/aromatic N) is 2.